The number of benzene rings is 1. The summed E-state index contributed by atoms with van der Waals surface area (Å²) in [5.74, 6) is 0. The van der Waals surface area contributed by atoms with Crippen molar-refractivity contribution in [3.05, 3.63) is 35.9 Å². The van der Waals surface area contributed by atoms with Crippen LogP contribution in [0.4, 0.5) is 0 Å². The van der Waals surface area contributed by atoms with E-state index in [1.165, 1.54) is 50.9 Å². The minimum Gasteiger partial charge on any atom is -0.311 e. The number of nitrogens with one attached hydrogen (secondary N) is 1. The van der Waals surface area contributed by atoms with E-state index in [0.29, 0.717) is 11.5 Å². The number of hydrogen-bond donors (Lipinski definition) is 1. The normalized spacial score (nSPS) is 25.6. The highest BCUT2D eigenvalue weighted by Gasteiger charge is 2.43. The molecule has 1 atom stereocenters. The third-order valence-corrected chi connectivity index (χ3v) is 4.96. The van der Waals surface area contributed by atoms with Crippen LogP contribution in [0.1, 0.15) is 38.2 Å². The Morgan fingerprint density at radius 2 is 2.05 bits per heavy atom. The van der Waals surface area contributed by atoms with Crippen LogP contribution in [0.2, 0.25) is 0 Å². The van der Waals surface area contributed by atoms with Crippen molar-refractivity contribution in [1.82, 2.24) is 10.2 Å². The maximum Gasteiger partial charge on any atom is 0.0235 e. The van der Waals surface area contributed by atoms with E-state index in [9.17, 15) is 0 Å². The SMILES string of the molecule is CCCC1(CN2CCNC(Cc3ccccc3)C2)CC1. The van der Waals surface area contributed by atoms with Crippen LogP contribution in [0.3, 0.4) is 0 Å². The zero-order chi connectivity index (χ0) is 13.8. The predicted octanol–water partition coefficient (Wildman–Crippen LogP) is 3.08. The molecule has 2 fully saturated rings. The lowest BCUT2D eigenvalue weighted by molar-refractivity contribution is 0.160. The molecule has 110 valence electrons. The molecule has 1 unspecified atom stereocenters. The molecule has 1 aliphatic heterocycles. The van der Waals surface area contributed by atoms with E-state index < -0.39 is 0 Å². The molecule has 1 heterocycles. The summed E-state index contributed by atoms with van der Waals surface area (Å²) in [6.45, 7) is 7.28. The molecular formula is C18H28N2. The highest BCUT2D eigenvalue weighted by molar-refractivity contribution is 5.16. The molecule has 2 heteroatoms. The summed E-state index contributed by atoms with van der Waals surface area (Å²) < 4.78 is 0. The first-order chi connectivity index (χ1) is 9.80. The first-order valence-electron chi connectivity index (χ1n) is 8.29. The van der Waals surface area contributed by atoms with Crippen molar-refractivity contribution in [2.24, 2.45) is 5.41 Å². The Hall–Kier alpha value is -0.860. The van der Waals surface area contributed by atoms with Gasteiger partial charge in [0, 0.05) is 32.2 Å². The number of rotatable bonds is 6. The van der Waals surface area contributed by atoms with Crippen molar-refractivity contribution >= 4 is 0 Å². The average Bonchev–Trinajstić information content (AvgIpc) is 3.20. The lowest BCUT2D eigenvalue weighted by Gasteiger charge is -2.36. The quantitative estimate of drug-likeness (QED) is 0.856. The molecule has 2 nitrogen and oxygen atoms in total. The van der Waals surface area contributed by atoms with Gasteiger partial charge in [0.15, 0.2) is 0 Å². The Bertz CT molecular complexity index is 411. The van der Waals surface area contributed by atoms with Gasteiger partial charge in [-0.25, -0.2) is 0 Å². The third-order valence-electron chi connectivity index (χ3n) is 4.96. The average molecular weight is 272 g/mol. The molecule has 2 aliphatic rings. The molecule has 0 spiro atoms. The van der Waals surface area contributed by atoms with Crippen LogP contribution < -0.4 is 5.32 Å². The Kier molecular flexibility index (Phi) is 4.42. The van der Waals surface area contributed by atoms with Crippen LogP contribution in [0, 0.1) is 5.41 Å². The van der Waals surface area contributed by atoms with E-state index in [4.69, 9.17) is 0 Å². The summed E-state index contributed by atoms with van der Waals surface area (Å²) in [5, 5.41) is 3.69. The largest absolute Gasteiger partial charge is 0.311 e. The summed E-state index contributed by atoms with van der Waals surface area (Å²) in [6, 6.07) is 11.5. The van der Waals surface area contributed by atoms with Gasteiger partial charge in [-0.3, -0.25) is 4.90 Å². The summed E-state index contributed by atoms with van der Waals surface area (Å²) in [7, 11) is 0. The van der Waals surface area contributed by atoms with Crippen LogP contribution in [-0.4, -0.2) is 37.1 Å². The molecule has 1 aromatic carbocycles. The van der Waals surface area contributed by atoms with Crippen LogP contribution in [0.15, 0.2) is 30.3 Å². The van der Waals surface area contributed by atoms with Crippen molar-refractivity contribution in [3.63, 3.8) is 0 Å². The lowest BCUT2D eigenvalue weighted by Crippen LogP contribution is -2.52. The summed E-state index contributed by atoms with van der Waals surface area (Å²) in [5.41, 5.74) is 2.16. The van der Waals surface area contributed by atoms with Gasteiger partial charge in [0.1, 0.15) is 0 Å². The van der Waals surface area contributed by atoms with Crippen LogP contribution >= 0.6 is 0 Å². The van der Waals surface area contributed by atoms with E-state index in [0.717, 1.165) is 13.0 Å². The Labute approximate surface area is 123 Å². The second kappa shape index (κ2) is 6.28. The van der Waals surface area contributed by atoms with Crippen LogP contribution in [-0.2, 0) is 6.42 Å². The molecule has 1 saturated heterocycles. The molecule has 0 amide bonds. The van der Waals surface area contributed by atoms with Gasteiger partial charge >= 0.3 is 0 Å². The summed E-state index contributed by atoms with van der Waals surface area (Å²) in [6.07, 6.45) is 6.88. The fraction of sp³-hybridized carbons (Fsp3) is 0.667. The van der Waals surface area contributed by atoms with Gasteiger partial charge in [0.2, 0.25) is 0 Å². The molecule has 20 heavy (non-hydrogen) atoms. The first-order valence-corrected chi connectivity index (χ1v) is 8.29. The second-order valence-electron chi connectivity index (χ2n) is 6.83. The highest BCUT2D eigenvalue weighted by atomic mass is 15.2. The fourth-order valence-corrected chi connectivity index (χ4v) is 3.74. The maximum absolute atomic E-state index is 3.69. The van der Waals surface area contributed by atoms with E-state index in [1.54, 1.807) is 0 Å². The van der Waals surface area contributed by atoms with E-state index in [2.05, 4.69) is 47.5 Å². The Morgan fingerprint density at radius 1 is 1.25 bits per heavy atom. The molecule has 1 aliphatic carbocycles. The van der Waals surface area contributed by atoms with Crippen molar-refractivity contribution in [2.75, 3.05) is 26.2 Å². The van der Waals surface area contributed by atoms with Gasteiger partial charge in [0.25, 0.3) is 0 Å². The van der Waals surface area contributed by atoms with Gasteiger partial charge < -0.3 is 5.32 Å². The molecule has 1 N–H and O–H groups in total. The summed E-state index contributed by atoms with van der Waals surface area (Å²) in [4.78, 5) is 2.72. The molecule has 3 rings (SSSR count). The van der Waals surface area contributed by atoms with Gasteiger partial charge in [-0.05, 0) is 36.7 Å². The van der Waals surface area contributed by atoms with Gasteiger partial charge in [-0.1, -0.05) is 43.7 Å². The standard InChI is InChI=1S/C18H28N2/c1-2-8-18(9-10-18)15-20-12-11-19-17(14-20)13-16-6-4-3-5-7-16/h3-7,17,19H,2,8-15H2,1H3. The minimum absolute atomic E-state index is 0.628. The maximum atomic E-state index is 3.69. The van der Waals surface area contributed by atoms with Gasteiger partial charge in [-0.2, -0.15) is 0 Å². The van der Waals surface area contributed by atoms with Crippen LogP contribution in [0.25, 0.3) is 0 Å². The number of nitrogens with zero attached hydrogens (tertiary/aromatic N) is 1. The zero-order valence-electron chi connectivity index (χ0n) is 12.8. The van der Waals surface area contributed by atoms with Gasteiger partial charge in [0.05, 0.1) is 0 Å². The highest BCUT2D eigenvalue weighted by Crippen LogP contribution is 2.50. The zero-order valence-corrected chi connectivity index (χ0v) is 12.8. The van der Waals surface area contributed by atoms with Crippen LogP contribution in [0.5, 0.6) is 0 Å². The minimum atomic E-state index is 0.628. The predicted molar refractivity (Wildman–Crippen MR) is 85.0 cm³/mol. The fourth-order valence-electron chi connectivity index (χ4n) is 3.74. The molecular weight excluding hydrogens is 244 g/mol. The van der Waals surface area contributed by atoms with E-state index in [1.807, 2.05) is 0 Å². The van der Waals surface area contributed by atoms with Gasteiger partial charge in [-0.15, -0.1) is 0 Å². The summed E-state index contributed by atoms with van der Waals surface area (Å²) >= 11 is 0. The van der Waals surface area contributed by atoms with E-state index in [-0.39, 0.29) is 0 Å². The molecule has 0 radical (unpaired) electrons. The van der Waals surface area contributed by atoms with E-state index >= 15 is 0 Å². The number of piperazine rings is 1. The Morgan fingerprint density at radius 3 is 2.75 bits per heavy atom. The Balaban J connectivity index is 1.52. The topological polar surface area (TPSA) is 15.3 Å². The van der Waals surface area contributed by atoms with Crippen molar-refractivity contribution in [1.29, 1.82) is 0 Å². The monoisotopic (exact) mass is 272 g/mol. The second-order valence-corrected chi connectivity index (χ2v) is 6.83. The third kappa shape index (κ3) is 3.62. The molecule has 1 saturated carbocycles. The smallest absolute Gasteiger partial charge is 0.0235 e. The molecule has 0 bridgehead atoms. The van der Waals surface area contributed by atoms with Crippen molar-refractivity contribution in [3.8, 4) is 0 Å². The van der Waals surface area contributed by atoms with Crippen molar-refractivity contribution < 1.29 is 0 Å². The number of hydrogen-bond acceptors (Lipinski definition) is 2. The van der Waals surface area contributed by atoms with Crippen molar-refractivity contribution in [2.45, 2.75) is 45.1 Å². The molecule has 1 aromatic rings. The first kappa shape index (κ1) is 14.1. The lowest BCUT2D eigenvalue weighted by atomic mass is 9.98. The molecule has 0 aromatic heterocycles.